The van der Waals surface area contributed by atoms with Gasteiger partial charge in [0.2, 0.25) is 0 Å². The van der Waals surface area contributed by atoms with Crippen LogP contribution in [0.5, 0.6) is 5.75 Å². The van der Waals surface area contributed by atoms with E-state index in [2.05, 4.69) is 48.8 Å². The van der Waals surface area contributed by atoms with Crippen molar-refractivity contribution < 1.29 is 27.8 Å². The third-order valence-corrected chi connectivity index (χ3v) is 10.4. The van der Waals surface area contributed by atoms with E-state index in [1.165, 1.54) is 23.3 Å². The monoisotopic (exact) mass is 578 g/mol. The van der Waals surface area contributed by atoms with Gasteiger partial charge in [0, 0.05) is 47.5 Å². The minimum absolute atomic E-state index is 0.145. The lowest BCUT2D eigenvalue weighted by molar-refractivity contribution is -0.138. The van der Waals surface area contributed by atoms with Crippen LogP contribution in [0.1, 0.15) is 61.8 Å². The molecule has 222 valence electrons. The molecule has 2 aliphatic heterocycles. The molecule has 42 heavy (non-hydrogen) atoms. The van der Waals surface area contributed by atoms with Crippen LogP contribution in [0.2, 0.25) is 0 Å². The van der Waals surface area contributed by atoms with Gasteiger partial charge >= 0.3 is 6.18 Å². The molecular weight excluding hydrogens is 541 g/mol. The van der Waals surface area contributed by atoms with E-state index in [9.17, 15) is 23.1 Å². The number of carbonyl (C=O) groups excluding carboxylic acids is 1. The average molecular weight is 579 g/mol. The van der Waals surface area contributed by atoms with Crippen molar-refractivity contribution in [1.82, 2.24) is 9.80 Å². The number of ether oxygens (including phenoxy) is 1. The summed E-state index contributed by atoms with van der Waals surface area (Å²) in [4.78, 5) is 18.3. The molecule has 0 aromatic heterocycles. The molecule has 2 bridgehead atoms. The maximum absolute atomic E-state index is 13.8. The lowest BCUT2D eigenvalue weighted by Gasteiger charge is -2.60. The molecule has 1 N–H and O–H groups in total. The number of amides is 1. The second-order valence-corrected chi connectivity index (χ2v) is 13.4. The van der Waals surface area contributed by atoms with Crippen LogP contribution < -0.4 is 4.74 Å². The maximum atomic E-state index is 13.8. The van der Waals surface area contributed by atoms with E-state index in [1.54, 1.807) is 0 Å². The van der Waals surface area contributed by atoms with Gasteiger partial charge in [-0.3, -0.25) is 9.69 Å². The summed E-state index contributed by atoms with van der Waals surface area (Å²) in [6.07, 6.45) is -0.0956. The van der Waals surface area contributed by atoms with Crippen LogP contribution in [0, 0.1) is 29.6 Å². The van der Waals surface area contributed by atoms with Gasteiger partial charge in [-0.25, -0.2) is 0 Å². The molecule has 3 aliphatic carbocycles. The van der Waals surface area contributed by atoms with Crippen LogP contribution in [0.4, 0.5) is 13.2 Å². The Labute approximate surface area is 245 Å². The Morgan fingerprint density at radius 2 is 1.95 bits per heavy atom. The zero-order chi connectivity index (χ0) is 29.4. The van der Waals surface area contributed by atoms with Gasteiger partial charge in [0.05, 0.1) is 17.7 Å². The Bertz CT molecular complexity index is 1440. The number of alkyl halides is 3. The summed E-state index contributed by atoms with van der Waals surface area (Å²) in [5, 5.41) is 10.1. The van der Waals surface area contributed by atoms with E-state index in [1.807, 2.05) is 4.90 Å². The summed E-state index contributed by atoms with van der Waals surface area (Å²) in [5.41, 5.74) is 2.17. The zero-order valence-corrected chi connectivity index (χ0v) is 24.0. The van der Waals surface area contributed by atoms with Crippen LogP contribution in [-0.2, 0) is 22.8 Å². The fraction of sp³-hybridized carbons (Fsp3) is 0.559. The molecule has 5 nitrogen and oxygen atoms in total. The van der Waals surface area contributed by atoms with Crippen LogP contribution in [0.3, 0.4) is 0 Å². The highest BCUT2D eigenvalue weighted by molar-refractivity contribution is 5.94. The largest absolute Gasteiger partial charge is 0.487 e. The fourth-order valence-electron chi connectivity index (χ4n) is 8.55. The predicted molar refractivity (Wildman–Crippen MR) is 152 cm³/mol. The summed E-state index contributed by atoms with van der Waals surface area (Å²) in [6.45, 7) is 6.59. The molecule has 7 atom stereocenters. The van der Waals surface area contributed by atoms with Crippen molar-refractivity contribution in [2.75, 3.05) is 19.6 Å². The lowest BCUT2D eigenvalue weighted by Crippen LogP contribution is -2.69. The molecule has 2 saturated carbocycles. The minimum Gasteiger partial charge on any atom is -0.487 e. The summed E-state index contributed by atoms with van der Waals surface area (Å²) < 4.78 is 45.8. The van der Waals surface area contributed by atoms with Crippen LogP contribution >= 0.6 is 0 Å². The van der Waals surface area contributed by atoms with E-state index in [0.717, 1.165) is 63.1 Å². The van der Waals surface area contributed by atoms with Crippen molar-refractivity contribution in [2.45, 2.75) is 81.8 Å². The number of benzene rings is 2. The van der Waals surface area contributed by atoms with Gasteiger partial charge in [-0.15, -0.1) is 0 Å². The molecule has 1 saturated heterocycles. The molecule has 5 aliphatic rings. The number of rotatable bonds is 5. The summed E-state index contributed by atoms with van der Waals surface area (Å²) in [5.74, 6) is 7.23. The standard InChI is InChI=1S/C34H37F3N2O3/c1-20(2)18-39(30(41)13-8-21-6-9-24(10-7-21)34(35,36)37)26-12-11-25-27-16-22-4-3-5-29-31(22)33(25,32(26)42-29)14-15-38(27)19-23-17-28(23)40/h3-7,9-10,20,23,25-28,32,40H,11-12,14-19H2,1-2H3/t23?,25-,26-,27+,28?,32-,33-/m0/s1. The number of aliphatic hydroxyl groups is 1. The maximum Gasteiger partial charge on any atom is 0.416 e. The van der Waals surface area contributed by atoms with Crippen molar-refractivity contribution in [3.05, 3.63) is 64.7 Å². The summed E-state index contributed by atoms with van der Waals surface area (Å²) >= 11 is 0. The second kappa shape index (κ2) is 10.0. The number of likely N-dealkylation sites (tertiary alicyclic amines) is 1. The number of hydrogen-bond acceptors (Lipinski definition) is 4. The number of nitrogens with zero attached hydrogens (tertiary/aromatic N) is 2. The van der Waals surface area contributed by atoms with Gasteiger partial charge in [0.25, 0.3) is 5.91 Å². The van der Waals surface area contributed by atoms with E-state index in [4.69, 9.17) is 4.74 Å². The average Bonchev–Trinajstić information content (AvgIpc) is 3.54. The Morgan fingerprint density at radius 3 is 2.64 bits per heavy atom. The van der Waals surface area contributed by atoms with Crippen LogP contribution in [0.25, 0.3) is 0 Å². The molecule has 3 fully saturated rings. The first-order chi connectivity index (χ1) is 20.1. The first kappa shape index (κ1) is 27.8. The molecule has 0 radical (unpaired) electrons. The number of hydrogen-bond donors (Lipinski definition) is 1. The van der Waals surface area contributed by atoms with Gasteiger partial charge in [0.15, 0.2) is 0 Å². The first-order valence-corrected chi connectivity index (χ1v) is 15.3. The Kier molecular flexibility index (Phi) is 6.63. The van der Waals surface area contributed by atoms with Gasteiger partial charge < -0.3 is 14.7 Å². The highest BCUT2D eigenvalue weighted by Crippen LogP contribution is 2.63. The van der Waals surface area contributed by atoms with Crippen molar-refractivity contribution in [3.8, 4) is 17.6 Å². The third-order valence-electron chi connectivity index (χ3n) is 10.4. The van der Waals surface area contributed by atoms with Crippen molar-refractivity contribution in [3.63, 3.8) is 0 Å². The molecular formula is C34H37F3N2O3. The Balaban J connectivity index is 1.20. The van der Waals surface area contributed by atoms with E-state index >= 15 is 0 Å². The zero-order valence-electron chi connectivity index (χ0n) is 24.0. The van der Waals surface area contributed by atoms with Crippen molar-refractivity contribution in [1.29, 1.82) is 0 Å². The first-order valence-electron chi connectivity index (χ1n) is 15.3. The number of carbonyl (C=O) groups is 1. The number of halogens is 3. The molecule has 2 aromatic carbocycles. The van der Waals surface area contributed by atoms with Gasteiger partial charge in [-0.05, 0) is 86.4 Å². The SMILES string of the molecule is CC(C)CN(C(=O)C#Cc1ccc(C(F)(F)F)cc1)[C@H]1CC[C@H]2[C@H]3Cc4cccc5c4[C@@]2(CCN3CC2CC2O)[C@H]1O5. The Morgan fingerprint density at radius 1 is 1.19 bits per heavy atom. The normalized spacial score (nSPS) is 32.5. The van der Waals surface area contributed by atoms with Gasteiger partial charge in [-0.2, -0.15) is 13.2 Å². The highest BCUT2D eigenvalue weighted by atomic mass is 19.4. The molecule has 1 spiro atoms. The van der Waals surface area contributed by atoms with Crippen molar-refractivity contribution >= 4 is 5.91 Å². The van der Waals surface area contributed by atoms with Gasteiger partial charge in [-0.1, -0.05) is 31.9 Å². The predicted octanol–water partition coefficient (Wildman–Crippen LogP) is 5.03. The van der Waals surface area contributed by atoms with Crippen LogP contribution in [-0.4, -0.2) is 64.7 Å². The smallest absolute Gasteiger partial charge is 0.416 e. The van der Waals surface area contributed by atoms with Crippen LogP contribution in [0.15, 0.2) is 42.5 Å². The highest BCUT2D eigenvalue weighted by Gasteiger charge is 2.66. The molecule has 2 heterocycles. The molecule has 1 amide bonds. The Hall–Kier alpha value is -3.02. The third kappa shape index (κ3) is 4.51. The summed E-state index contributed by atoms with van der Waals surface area (Å²) in [7, 11) is 0. The number of aliphatic hydroxyl groups excluding tert-OH is 1. The molecule has 7 rings (SSSR count). The van der Waals surface area contributed by atoms with Crippen molar-refractivity contribution in [2.24, 2.45) is 17.8 Å². The lowest BCUT2D eigenvalue weighted by atomic mass is 9.51. The molecule has 2 unspecified atom stereocenters. The van der Waals surface area contributed by atoms with E-state index < -0.39 is 11.7 Å². The fourth-order valence-corrected chi connectivity index (χ4v) is 8.55. The molecule has 2 aromatic rings. The summed E-state index contributed by atoms with van der Waals surface area (Å²) in [6, 6.07) is 11.3. The topological polar surface area (TPSA) is 53.0 Å². The second-order valence-electron chi connectivity index (χ2n) is 13.4. The van der Waals surface area contributed by atoms with E-state index in [0.29, 0.717) is 30.0 Å². The van der Waals surface area contributed by atoms with Gasteiger partial charge in [0.1, 0.15) is 11.9 Å². The number of piperidine rings is 1. The van der Waals surface area contributed by atoms with E-state index in [-0.39, 0.29) is 35.5 Å². The molecule has 8 heteroatoms. The quantitative estimate of drug-likeness (QED) is 0.506. The minimum atomic E-state index is -4.42.